The number of H-pyrrole nitrogens is 1. The molecule has 3 N–H and O–H groups in total. The molecule has 7 heteroatoms. The van der Waals surface area contributed by atoms with E-state index in [4.69, 9.17) is 19.9 Å². The monoisotopic (exact) mass is 338 g/mol. The molecule has 0 atom stereocenters. The normalized spacial score (nSPS) is 12.4. The summed E-state index contributed by atoms with van der Waals surface area (Å²) in [6, 6.07) is 10.1. The first-order chi connectivity index (χ1) is 12.1. The van der Waals surface area contributed by atoms with Crippen LogP contribution in [0.2, 0.25) is 0 Å². The number of hydrogen-bond acceptors (Lipinski definition) is 5. The lowest BCUT2D eigenvalue weighted by Gasteiger charge is -2.11. The van der Waals surface area contributed by atoms with Crippen LogP contribution in [0.4, 0.5) is 0 Å². The molecule has 0 saturated heterocycles. The molecule has 2 aromatic carbocycles. The molecule has 4 rings (SSSR count). The maximum absolute atomic E-state index is 12.8. The Morgan fingerprint density at radius 3 is 2.72 bits per heavy atom. The van der Waals surface area contributed by atoms with E-state index in [2.05, 4.69) is 4.98 Å². The van der Waals surface area contributed by atoms with Crippen LogP contribution in [0, 0.1) is 0 Å². The Morgan fingerprint density at radius 2 is 1.96 bits per heavy atom. The van der Waals surface area contributed by atoms with Crippen molar-refractivity contribution in [2.75, 3.05) is 13.9 Å². The van der Waals surface area contributed by atoms with Gasteiger partial charge in [-0.25, -0.2) is 0 Å². The van der Waals surface area contributed by atoms with E-state index in [1.54, 1.807) is 36.4 Å². The summed E-state index contributed by atoms with van der Waals surface area (Å²) < 4.78 is 15.8. The molecular weight excluding hydrogens is 324 g/mol. The number of nitrogens with one attached hydrogen (secondary N) is 1. The number of fused-ring (bicyclic) bond motifs is 2. The first kappa shape index (κ1) is 15.1. The van der Waals surface area contributed by atoms with Crippen LogP contribution in [0.3, 0.4) is 0 Å². The smallest absolute Gasteiger partial charge is 0.254 e. The minimum absolute atomic E-state index is 0.100. The Labute approximate surface area is 141 Å². The Bertz CT molecular complexity index is 1070. The number of carbonyl (C=O) groups excluding carboxylic acids is 1. The third-order valence-corrected chi connectivity index (χ3v) is 4.12. The fourth-order valence-electron chi connectivity index (χ4n) is 2.90. The van der Waals surface area contributed by atoms with Crippen molar-refractivity contribution in [3.05, 3.63) is 52.2 Å². The lowest BCUT2D eigenvalue weighted by Crippen LogP contribution is -2.24. The zero-order chi connectivity index (χ0) is 17.6. The number of methoxy groups -OCH3 is 1. The lowest BCUT2D eigenvalue weighted by atomic mass is 10.0. The highest BCUT2D eigenvalue weighted by Crippen LogP contribution is 2.36. The van der Waals surface area contributed by atoms with Gasteiger partial charge in [-0.2, -0.15) is 0 Å². The predicted octanol–water partition coefficient (Wildman–Crippen LogP) is 2.03. The van der Waals surface area contributed by atoms with Crippen molar-refractivity contribution in [1.82, 2.24) is 4.98 Å². The van der Waals surface area contributed by atoms with Gasteiger partial charge >= 0.3 is 0 Å². The minimum atomic E-state index is -0.799. The first-order valence-corrected chi connectivity index (χ1v) is 7.52. The van der Waals surface area contributed by atoms with Crippen molar-refractivity contribution >= 4 is 16.8 Å². The predicted molar refractivity (Wildman–Crippen MR) is 91.2 cm³/mol. The van der Waals surface area contributed by atoms with Crippen LogP contribution in [0.5, 0.6) is 17.2 Å². The van der Waals surface area contributed by atoms with Gasteiger partial charge in [0.15, 0.2) is 11.5 Å². The third kappa shape index (κ3) is 2.37. The molecule has 1 aromatic heterocycles. The van der Waals surface area contributed by atoms with Gasteiger partial charge in [0.2, 0.25) is 12.2 Å². The number of primary amides is 1. The Kier molecular flexibility index (Phi) is 3.35. The number of hydrogen-bond donors (Lipinski definition) is 2. The van der Waals surface area contributed by atoms with Gasteiger partial charge in [-0.1, -0.05) is 0 Å². The van der Waals surface area contributed by atoms with E-state index in [-0.39, 0.29) is 12.4 Å². The number of rotatable bonds is 3. The molecule has 0 bridgehead atoms. The molecule has 0 saturated carbocycles. The highest BCUT2D eigenvalue weighted by atomic mass is 16.7. The van der Waals surface area contributed by atoms with E-state index in [9.17, 15) is 9.59 Å². The molecule has 0 aliphatic carbocycles. The topological polar surface area (TPSA) is 104 Å². The van der Waals surface area contributed by atoms with Gasteiger partial charge in [-0.05, 0) is 30.3 Å². The van der Waals surface area contributed by atoms with Gasteiger partial charge in [0.25, 0.3) is 5.91 Å². The largest absolute Gasteiger partial charge is 0.497 e. The standard InChI is InChI=1S/C18H14N2O5/c1-23-10-3-4-11-12(7-10)20-16(15(17(11)21)18(19)22)9-2-5-13-14(6-9)25-8-24-13/h2-7H,8H2,1H3,(H2,19,22)(H,20,21). The summed E-state index contributed by atoms with van der Waals surface area (Å²) in [5.41, 5.74) is 6.41. The molecule has 25 heavy (non-hydrogen) atoms. The molecule has 0 fully saturated rings. The molecule has 126 valence electrons. The molecule has 1 aliphatic rings. The van der Waals surface area contributed by atoms with Crippen LogP contribution < -0.4 is 25.4 Å². The van der Waals surface area contributed by atoms with Crippen molar-refractivity contribution in [3.8, 4) is 28.5 Å². The van der Waals surface area contributed by atoms with Crippen LogP contribution in [0.25, 0.3) is 22.2 Å². The van der Waals surface area contributed by atoms with E-state index in [0.29, 0.717) is 39.4 Å². The fraction of sp³-hybridized carbons (Fsp3) is 0.111. The number of pyridine rings is 1. The summed E-state index contributed by atoms with van der Waals surface area (Å²) in [6.45, 7) is 0.132. The van der Waals surface area contributed by atoms with Gasteiger partial charge in [0.05, 0.1) is 18.3 Å². The zero-order valence-electron chi connectivity index (χ0n) is 13.3. The third-order valence-electron chi connectivity index (χ3n) is 4.12. The maximum Gasteiger partial charge on any atom is 0.254 e. The average molecular weight is 338 g/mol. The van der Waals surface area contributed by atoms with Gasteiger partial charge in [0.1, 0.15) is 11.3 Å². The number of nitrogens with two attached hydrogens (primary N) is 1. The second-order valence-electron chi connectivity index (χ2n) is 5.55. The van der Waals surface area contributed by atoms with Gasteiger partial charge in [-0.15, -0.1) is 0 Å². The van der Waals surface area contributed by atoms with Crippen LogP contribution >= 0.6 is 0 Å². The van der Waals surface area contributed by atoms with Crippen LogP contribution in [0.1, 0.15) is 10.4 Å². The quantitative estimate of drug-likeness (QED) is 0.760. The van der Waals surface area contributed by atoms with Crippen LogP contribution in [-0.2, 0) is 0 Å². The van der Waals surface area contributed by atoms with Crippen molar-refractivity contribution in [2.24, 2.45) is 5.73 Å². The first-order valence-electron chi connectivity index (χ1n) is 7.52. The summed E-state index contributed by atoms with van der Waals surface area (Å²) in [6.07, 6.45) is 0. The Morgan fingerprint density at radius 1 is 1.16 bits per heavy atom. The SMILES string of the molecule is COc1ccc2c(=O)c(C(N)=O)c(-c3ccc4c(c3)OCO4)[nH]c2c1. The van der Waals surface area contributed by atoms with E-state index in [1.807, 2.05) is 0 Å². The van der Waals surface area contributed by atoms with Gasteiger partial charge < -0.3 is 24.9 Å². The number of amides is 1. The second kappa shape index (κ2) is 5.55. The van der Waals surface area contributed by atoms with E-state index in [1.165, 1.54) is 7.11 Å². The van der Waals surface area contributed by atoms with Gasteiger partial charge in [0, 0.05) is 17.0 Å². The molecule has 3 aromatic rings. The maximum atomic E-state index is 12.8. The van der Waals surface area contributed by atoms with Crippen molar-refractivity contribution in [2.45, 2.75) is 0 Å². The second-order valence-corrected chi connectivity index (χ2v) is 5.55. The number of benzene rings is 2. The van der Waals surface area contributed by atoms with Crippen molar-refractivity contribution < 1.29 is 19.0 Å². The Hall–Kier alpha value is -3.48. The van der Waals surface area contributed by atoms with Crippen LogP contribution in [-0.4, -0.2) is 24.8 Å². The summed E-state index contributed by atoms with van der Waals surface area (Å²) in [5.74, 6) is 0.937. The lowest BCUT2D eigenvalue weighted by molar-refractivity contribution is 0.1000. The molecule has 0 spiro atoms. The highest BCUT2D eigenvalue weighted by Gasteiger charge is 2.21. The highest BCUT2D eigenvalue weighted by molar-refractivity contribution is 6.02. The van der Waals surface area contributed by atoms with E-state index < -0.39 is 11.3 Å². The van der Waals surface area contributed by atoms with Gasteiger partial charge in [-0.3, -0.25) is 9.59 Å². The molecule has 0 radical (unpaired) electrons. The van der Waals surface area contributed by atoms with Crippen LogP contribution in [0.15, 0.2) is 41.2 Å². The fourth-order valence-corrected chi connectivity index (χ4v) is 2.90. The van der Waals surface area contributed by atoms with Crippen molar-refractivity contribution in [3.63, 3.8) is 0 Å². The zero-order valence-corrected chi connectivity index (χ0v) is 13.3. The van der Waals surface area contributed by atoms with E-state index >= 15 is 0 Å². The number of carbonyl (C=O) groups is 1. The molecule has 2 heterocycles. The number of aromatic nitrogens is 1. The molecule has 1 aliphatic heterocycles. The van der Waals surface area contributed by atoms with E-state index in [0.717, 1.165) is 0 Å². The minimum Gasteiger partial charge on any atom is -0.497 e. The number of aromatic amines is 1. The van der Waals surface area contributed by atoms with Crippen molar-refractivity contribution in [1.29, 1.82) is 0 Å². The number of ether oxygens (including phenoxy) is 3. The summed E-state index contributed by atoms with van der Waals surface area (Å²) >= 11 is 0. The molecule has 1 amide bonds. The molecule has 0 unspecified atom stereocenters. The molecular formula is C18H14N2O5. The summed E-state index contributed by atoms with van der Waals surface area (Å²) in [5, 5.41) is 0.360. The summed E-state index contributed by atoms with van der Waals surface area (Å²) in [7, 11) is 1.54. The average Bonchev–Trinajstić information content (AvgIpc) is 3.08. The molecule has 7 nitrogen and oxygen atoms in total. The summed E-state index contributed by atoms with van der Waals surface area (Å²) in [4.78, 5) is 27.8. The Balaban J connectivity index is 2.02.